The van der Waals surface area contributed by atoms with Gasteiger partial charge in [-0.1, -0.05) is 25.2 Å². The van der Waals surface area contributed by atoms with E-state index in [2.05, 4.69) is 24.1 Å². The van der Waals surface area contributed by atoms with Gasteiger partial charge in [0.15, 0.2) is 0 Å². The number of aliphatic hydroxyl groups is 1. The molecule has 0 atom stereocenters. The molecule has 0 spiro atoms. The summed E-state index contributed by atoms with van der Waals surface area (Å²) in [7, 11) is 0. The van der Waals surface area contributed by atoms with Gasteiger partial charge in [0.1, 0.15) is 0 Å². The van der Waals surface area contributed by atoms with E-state index in [0.717, 1.165) is 17.7 Å². The van der Waals surface area contributed by atoms with Crippen molar-refractivity contribution in [1.82, 2.24) is 5.32 Å². The highest BCUT2D eigenvalue weighted by Gasteiger charge is 2.20. The van der Waals surface area contributed by atoms with E-state index in [4.69, 9.17) is 5.11 Å². The average molecular weight is 279 g/mol. The van der Waals surface area contributed by atoms with Crippen LogP contribution in [0.25, 0.3) is 0 Å². The van der Waals surface area contributed by atoms with Gasteiger partial charge in [0.2, 0.25) is 0 Å². The number of hydrogen-bond acceptors (Lipinski definition) is 3. The molecule has 0 bridgehead atoms. The Balaban J connectivity index is 2.66. The van der Waals surface area contributed by atoms with E-state index in [9.17, 15) is 4.79 Å². The molecule has 1 heterocycles. The lowest BCUT2D eigenvalue weighted by Gasteiger charge is -2.25. The van der Waals surface area contributed by atoms with Crippen LogP contribution in [-0.2, 0) is 0 Å². The number of thiophene rings is 1. The van der Waals surface area contributed by atoms with Crippen molar-refractivity contribution in [2.75, 3.05) is 6.61 Å². The summed E-state index contributed by atoms with van der Waals surface area (Å²) < 4.78 is 0. The first kappa shape index (κ1) is 15.7. The largest absolute Gasteiger partial charge is 0.395 e. The zero-order valence-electron chi connectivity index (χ0n) is 11.7. The number of amides is 1. The van der Waals surface area contributed by atoms with E-state index < -0.39 is 0 Å². The summed E-state index contributed by atoms with van der Waals surface area (Å²) in [5, 5.41) is 11.7. The Morgan fingerprint density at radius 2 is 2.21 bits per heavy atom. The molecule has 0 aliphatic carbocycles. The topological polar surface area (TPSA) is 49.3 Å². The number of nitrogens with one attached hydrogen (secondary N) is 1. The van der Waals surface area contributed by atoms with Crippen LogP contribution < -0.4 is 5.32 Å². The highest BCUT2D eigenvalue weighted by Crippen LogP contribution is 2.18. The Morgan fingerprint density at radius 1 is 1.47 bits per heavy atom. The molecule has 2 N–H and O–H groups in total. The summed E-state index contributed by atoms with van der Waals surface area (Å²) in [6.45, 7) is 6.23. The number of carbonyl (C=O) groups is 1. The molecule has 0 unspecified atom stereocenters. The van der Waals surface area contributed by atoms with Crippen LogP contribution in [0.2, 0.25) is 0 Å². The normalized spacial score (nSPS) is 10.7. The molecule has 0 saturated heterocycles. The monoisotopic (exact) mass is 279 g/mol. The fraction of sp³-hybridized carbons (Fsp3) is 0.533. The van der Waals surface area contributed by atoms with Crippen molar-refractivity contribution in [3.8, 4) is 11.8 Å². The molecular weight excluding hydrogens is 258 g/mol. The highest BCUT2D eigenvalue weighted by atomic mass is 32.1. The van der Waals surface area contributed by atoms with Gasteiger partial charge in [-0.3, -0.25) is 4.79 Å². The highest BCUT2D eigenvalue weighted by molar-refractivity contribution is 7.14. The van der Waals surface area contributed by atoms with Crippen LogP contribution in [0, 0.1) is 11.8 Å². The number of hydrogen-bond donors (Lipinski definition) is 2. The standard InChI is InChI=1S/C15H21NO2S/c1-4-10-15(2,3)16-14(18)13-9-8-12(19-13)7-5-6-11-17/h8-9,17H,4,6,10-11H2,1-3H3,(H,16,18). The summed E-state index contributed by atoms with van der Waals surface area (Å²) >= 11 is 1.38. The van der Waals surface area contributed by atoms with E-state index in [1.165, 1.54) is 11.3 Å². The first-order chi connectivity index (χ1) is 8.98. The lowest BCUT2D eigenvalue weighted by atomic mass is 9.99. The van der Waals surface area contributed by atoms with Crippen molar-refractivity contribution >= 4 is 17.2 Å². The molecule has 0 aliphatic rings. The Kier molecular flexibility index (Phi) is 6.07. The van der Waals surface area contributed by atoms with Crippen LogP contribution in [0.15, 0.2) is 12.1 Å². The molecule has 104 valence electrons. The maximum absolute atomic E-state index is 12.1. The van der Waals surface area contributed by atoms with Crippen molar-refractivity contribution in [2.24, 2.45) is 0 Å². The van der Waals surface area contributed by atoms with Crippen LogP contribution in [0.1, 0.15) is 54.6 Å². The van der Waals surface area contributed by atoms with Crippen LogP contribution in [-0.4, -0.2) is 23.2 Å². The van der Waals surface area contributed by atoms with Gasteiger partial charge in [-0.15, -0.1) is 11.3 Å². The zero-order valence-corrected chi connectivity index (χ0v) is 12.6. The van der Waals surface area contributed by atoms with Crippen molar-refractivity contribution < 1.29 is 9.90 Å². The third-order valence-electron chi connectivity index (χ3n) is 2.61. The second kappa shape index (κ2) is 7.32. The summed E-state index contributed by atoms with van der Waals surface area (Å²) in [5.41, 5.74) is -0.182. The molecule has 0 fully saturated rings. The van der Waals surface area contributed by atoms with Crippen molar-refractivity contribution in [1.29, 1.82) is 0 Å². The molecule has 0 saturated carbocycles. The molecule has 1 rings (SSSR count). The van der Waals surface area contributed by atoms with Gasteiger partial charge in [0.05, 0.1) is 16.4 Å². The Bertz CT molecular complexity index is 480. The summed E-state index contributed by atoms with van der Waals surface area (Å²) in [6.07, 6.45) is 2.45. The Morgan fingerprint density at radius 3 is 2.84 bits per heavy atom. The fourth-order valence-electron chi connectivity index (χ4n) is 1.79. The van der Waals surface area contributed by atoms with E-state index in [0.29, 0.717) is 11.3 Å². The maximum atomic E-state index is 12.1. The van der Waals surface area contributed by atoms with Gasteiger partial charge >= 0.3 is 0 Å². The smallest absolute Gasteiger partial charge is 0.261 e. The predicted octanol–water partition coefficient (Wildman–Crippen LogP) is 2.79. The predicted molar refractivity (Wildman–Crippen MR) is 79.4 cm³/mol. The van der Waals surface area contributed by atoms with Crippen LogP contribution in [0.5, 0.6) is 0 Å². The molecule has 4 heteroatoms. The number of rotatable bonds is 5. The first-order valence-electron chi connectivity index (χ1n) is 6.50. The fourth-order valence-corrected chi connectivity index (χ4v) is 2.57. The first-order valence-corrected chi connectivity index (χ1v) is 7.32. The second-order valence-electron chi connectivity index (χ2n) is 5.03. The van der Waals surface area contributed by atoms with Gasteiger partial charge in [-0.25, -0.2) is 0 Å². The minimum Gasteiger partial charge on any atom is -0.395 e. The molecular formula is C15H21NO2S. The average Bonchev–Trinajstić information content (AvgIpc) is 2.77. The van der Waals surface area contributed by atoms with Gasteiger partial charge in [-0.05, 0) is 32.4 Å². The lowest BCUT2D eigenvalue weighted by molar-refractivity contribution is 0.0913. The van der Waals surface area contributed by atoms with E-state index >= 15 is 0 Å². The Hall–Kier alpha value is -1.31. The molecule has 1 amide bonds. The van der Waals surface area contributed by atoms with Gasteiger partial charge < -0.3 is 10.4 Å². The lowest BCUT2D eigenvalue weighted by Crippen LogP contribution is -2.42. The number of carbonyl (C=O) groups excluding carboxylic acids is 1. The van der Waals surface area contributed by atoms with Crippen molar-refractivity contribution in [2.45, 2.75) is 45.6 Å². The summed E-state index contributed by atoms with van der Waals surface area (Å²) in [6, 6.07) is 3.64. The van der Waals surface area contributed by atoms with E-state index in [1.54, 1.807) is 6.07 Å². The van der Waals surface area contributed by atoms with Crippen LogP contribution in [0.4, 0.5) is 0 Å². The molecule has 0 radical (unpaired) electrons. The molecule has 0 aromatic carbocycles. The van der Waals surface area contributed by atoms with Crippen LogP contribution >= 0.6 is 11.3 Å². The third kappa shape index (κ3) is 5.46. The molecule has 1 aromatic heterocycles. The number of aliphatic hydroxyl groups excluding tert-OH is 1. The minimum atomic E-state index is -0.182. The maximum Gasteiger partial charge on any atom is 0.261 e. The van der Waals surface area contributed by atoms with Gasteiger partial charge in [0, 0.05) is 12.0 Å². The summed E-state index contributed by atoms with van der Waals surface area (Å²) in [5.74, 6) is 5.75. The van der Waals surface area contributed by atoms with Crippen molar-refractivity contribution in [3.63, 3.8) is 0 Å². The third-order valence-corrected chi connectivity index (χ3v) is 3.60. The van der Waals surface area contributed by atoms with Gasteiger partial charge in [-0.2, -0.15) is 0 Å². The quantitative estimate of drug-likeness (QED) is 0.814. The molecule has 1 aromatic rings. The zero-order chi connectivity index (χ0) is 14.3. The van der Waals surface area contributed by atoms with Crippen LogP contribution in [0.3, 0.4) is 0 Å². The molecule has 0 aliphatic heterocycles. The molecule has 3 nitrogen and oxygen atoms in total. The van der Waals surface area contributed by atoms with E-state index in [-0.39, 0.29) is 18.1 Å². The Labute approximate surface area is 119 Å². The minimum absolute atomic E-state index is 0.0429. The van der Waals surface area contributed by atoms with Crippen molar-refractivity contribution in [3.05, 3.63) is 21.9 Å². The second-order valence-corrected chi connectivity index (χ2v) is 6.11. The van der Waals surface area contributed by atoms with E-state index in [1.807, 2.05) is 19.9 Å². The molecule has 19 heavy (non-hydrogen) atoms. The SMILES string of the molecule is CCCC(C)(C)NC(=O)c1ccc(C#CCCO)s1. The summed E-state index contributed by atoms with van der Waals surface area (Å²) in [4.78, 5) is 13.6. The van der Waals surface area contributed by atoms with Gasteiger partial charge in [0.25, 0.3) is 5.91 Å².